The quantitative estimate of drug-likeness (QED) is 0.522. The largest absolute Gasteiger partial charge is 0.449 e. The van der Waals surface area contributed by atoms with Gasteiger partial charge in [0, 0.05) is 25.3 Å². The van der Waals surface area contributed by atoms with Gasteiger partial charge in [-0.25, -0.2) is 13.2 Å². The highest BCUT2D eigenvalue weighted by atomic mass is 35.5. The Hall–Kier alpha value is -2.42. The monoisotopic (exact) mass is 466 g/mol. The highest BCUT2D eigenvalue weighted by Crippen LogP contribution is 2.24. The lowest BCUT2D eigenvalue weighted by atomic mass is 10.2. The summed E-state index contributed by atoms with van der Waals surface area (Å²) in [6, 6.07) is 12.9. The van der Waals surface area contributed by atoms with Crippen molar-refractivity contribution in [3.05, 3.63) is 59.1 Å². The second-order valence-electron chi connectivity index (χ2n) is 6.70. The predicted molar refractivity (Wildman–Crippen MR) is 121 cm³/mol. The molecule has 0 N–H and O–H groups in total. The van der Waals surface area contributed by atoms with Crippen LogP contribution in [0.2, 0.25) is 5.02 Å². The normalized spacial score (nSPS) is 12.5. The Labute approximate surface area is 188 Å². The van der Waals surface area contributed by atoms with E-state index in [4.69, 9.17) is 16.3 Å². The Balaban J connectivity index is 2.26. The van der Waals surface area contributed by atoms with Crippen LogP contribution in [0.4, 0.5) is 5.69 Å². The first-order valence-electron chi connectivity index (χ1n) is 10.0. The van der Waals surface area contributed by atoms with Crippen molar-refractivity contribution in [1.82, 2.24) is 4.31 Å². The van der Waals surface area contributed by atoms with Gasteiger partial charge in [-0.1, -0.05) is 43.6 Å². The predicted octanol–water partition coefficient (Wildman–Crippen LogP) is 3.97. The number of hydrogen-bond donors (Lipinski definition) is 0. The van der Waals surface area contributed by atoms with Crippen LogP contribution in [0.5, 0.6) is 0 Å². The number of ether oxygens (including phenoxy) is 1. The molecular formula is C22H27ClN2O5S. The highest BCUT2D eigenvalue weighted by Gasteiger charge is 2.28. The molecule has 0 aromatic heterocycles. The van der Waals surface area contributed by atoms with Crippen molar-refractivity contribution in [2.75, 3.05) is 24.5 Å². The molecule has 168 valence electrons. The minimum Gasteiger partial charge on any atom is -0.449 e. The lowest BCUT2D eigenvalue weighted by Gasteiger charge is -2.24. The van der Waals surface area contributed by atoms with E-state index in [0.717, 1.165) is 0 Å². The number of esters is 1. The molecule has 0 heterocycles. The zero-order valence-electron chi connectivity index (χ0n) is 18.0. The summed E-state index contributed by atoms with van der Waals surface area (Å²) in [4.78, 5) is 27.0. The van der Waals surface area contributed by atoms with Gasteiger partial charge in [-0.05, 0) is 44.2 Å². The first-order chi connectivity index (χ1) is 14.7. The van der Waals surface area contributed by atoms with E-state index in [1.165, 1.54) is 34.3 Å². The van der Waals surface area contributed by atoms with Crippen LogP contribution in [0.15, 0.2) is 53.4 Å². The van der Waals surface area contributed by atoms with Gasteiger partial charge < -0.3 is 9.64 Å². The summed E-state index contributed by atoms with van der Waals surface area (Å²) in [6.07, 6.45) is -1.09. The maximum absolute atomic E-state index is 12.8. The number of nitrogens with zero attached hydrogens (tertiary/aromatic N) is 2. The third-order valence-electron chi connectivity index (χ3n) is 4.78. The van der Waals surface area contributed by atoms with Gasteiger partial charge in [0.05, 0.1) is 15.5 Å². The van der Waals surface area contributed by atoms with Gasteiger partial charge >= 0.3 is 5.97 Å². The van der Waals surface area contributed by atoms with Crippen LogP contribution in [0.25, 0.3) is 0 Å². The number of likely N-dealkylation sites (N-methyl/N-ethyl adjacent to an activating group) is 1. The van der Waals surface area contributed by atoms with Crippen molar-refractivity contribution in [1.29, 1.82) is 0 Å². The molecule has 1 amide bonds. The molecule has 0 aliphatic carbocycles. The Bertz CT molecular complexity index is 1020. The Kier molecular flexibility index (Phi) is 8.61. The van der Waals surface area contributed by atoms with Crippen molar-refractivity contribution >= 4 is 39.2 Å². The Morgan fingerprint density at radius 3 is 2.16 bits per heavy atom. The molecule has 31 heavy (non-hydrogen) atoms. The standard InChI is InChI=1S/C22H27ClN2O5S/c1-5-24(6-2)31(28,29)18-13-14-20(23)19(15-18)22(27)30-16(4)21(26)25(7-3)17-11-9-8-10-12-17/h8-16H,5-7H2,1-4H3/t16-/m1/s1. The number of halogens is 1. The van der Waals surface area contributed by atoms with Crippen molar-refractivity contribution in [3.63, 3.8) is 0 Å². The molecule has 0 spiro atoms. The van der Waals surface area contributed by atoms with Gasteiger partial charge in [-0.2, -0.15) is 4.31 Å². The Morgan fingerprint density at radius 2 is 1.61 bits per heavy atom. The first-order valence-corrected chi connectivity index (χ1v) is 11.9. The zero-order chi connectivity index (χ0) is 23.2. The number of rotatable bonds is 9. The summed E-state index contributed by atoms with van der Waals surface area (Å²) in [6.45, 7) is 7.71. The minimum atomic E-state index is -3.78. The van der Waals surface area contributed by atoms with Crippen LogP contribution >= 0.6 is 11.6 Å². The minimum absolute atomic E-state index is 0.0403. The maximum atomic E-state index is 12.8. The molecule has 2 rings (SSSR count). The summed E-state index contributed by atoms with van der Waals surface area (Å²) >= 11 is 6.13. The second-order valence-corrected chi connectivity index (χ2v) is 9.04. The van der Waals surface area contributed by atoms with Gasteiger partial charge in [0.2, 0.25) is 10.0 Å². The molecule has 1 atom stereocenters. The average Bonchev–Trinajstić information content (AvgIpc) is 2.75. The first kappa shape index (κ1) is 24.8. The van der Waals surface area contributed by atoms with Crippen LogP contribution in [-0.4, -0.2) is 50.3 Å². The van der Waals surface area contributed by atoms with E-state index in [2.05, 4.69) is 0 Å². The van der Waals surface area contributed by atoms with Crippen molar-refractivity contribution in [3.8, 4) is 0 Å². The van der Waals surface area contributed by atoms with Crippen LogP contribution in [0.3, 0.4) is 0 Å². The third-order valence-corrected chi connectivity index (χ3v) is 7.16. The molecule has 7 nitrogen and oxygen atoms in total. The summed E-state index contributed by atoms with van der Waals surface area (Å²) in [5.41, 5.74) is 0.570. The molecule has 0 saturated carbocycles. The summed E-state index contributed by atoms with van der Waals surface area (Å²) in [7, 11) is -3.78. The summed E-state index contributed by atoms with van der Waals surface area (Å²) in [5.74, 6) is -1.27. The van der Waals surface area contributed by atoms with E-state index >= 15 is 0 Å². The van der Waals surface area contributed by atoms with Crippen LogP contribution in [0, 0.1) is 0 Å². The number of carbonyl (C=O) groups is 2. The molecule has 2 aromatic rings. The fourth-order valence-electron chi connectivity index (χ4n) is 3.10. The number of amides is 1. The number of hydrogen-bond acceptors (Lipinski definition) is 5. The number of anilines is 1. The molecular weight excluding hydrogens is 440 g/mol. The molecule has 0 bridgehead atoms. The lowest BCUT2D eigenvalue weighted by Crippen LogP contribution is -2.40. The topological polar surface area (TPSA) is 84.0 Å². The van der Waals surface area contributed by atoms with Gasteiger partial charge in [0.25, 0.3) is 5.91 Å². The van der Waals surface area contributed by atoms with Crippen LogP contribution < -0.4 is 4.90 Å². The third kappa shape index (κ3) is 5.64. The van der Waals surface area contributed by atoms with Crippen LogP contribution in [-0.2, 0) is 19.6 Å². The average molecular weight is 467 g/mol. The SMILES string of the molecule is CCN(C(=O)[C@@H](C)OC(=O)c1cc(S(=O)(=O)N(CC)CC)ccc1Cl)c1ccccc1. The van der Waals surface area contributed by atoms with E-state index in [-0.39, 0.29) is 15.5 Å². The second kappa shape index (κ2) is 10.7. The maximum Gasteiger partial charge on any atom is 0.340 e. The molecule has 0 aliphatic heterocycles. The molecule has 0 radical (unpaired) electrons. The van der Waals surface area contributed by atoms with Gasteiger partial charge in [-0.15, -0.1) is 0 Å². The fourth-order valence-corrected chi connectivity index (χ4v) is 4.78. The van der Waals surface area contributed by atoms with Crippen molar-refractivity contribution in [2.24, 2.45) is 0 Å². The van der Waals surface area contributed by atoms with Gasteiger partial charge in [0.15, 0.2) is 6.10 Å². The van der Waals surface area contributed by atoms with E-state index in [9.17, 15) is 18.0 Å². The summed E-state index contributed by atoms with van der Waals surface area (Å²) < 4.78 is 32.1. The van der Waals surface area contributed by atoms with Crippen molar-refractivity contribution in [2.45, 2.75) is 38.7 Å². The van der Waals surface area contributed by atoms with Gasteiger partial charge in [-0.3, -0.25) is 4.79 Å². The highest BCUT2D eigenvalue weighted by molar-refractivity contribution is 7.89. The molecule has 0 saturated heterocycles. The lowest BCUT2D eigenvalue weighted by molar-refractivity contribution is -0.126. The van der Waals surface area contributed by atoms with E-state index in [0.29, 0.717) is 25.3 Å². The van der Waals surface area contributed by atoms with Crippen LogP contribution in [0.1, 0.15) is 38.1 Å². The summed E-state index contributed by atoms with van der Waals surface area (Å²) in [5, 5.41) is 0.0403. The van der Waals surface area contributed by atoms with Crippen molar-refractivity contribution < 1.29 is 22.7 Å². The molecule has 0 unspecified atom stereocenters. The molecule has 9 heteroatoms. The number of benzene rings is 2. The van der Waals surface area contributed by atoms with E-state index in [1.807, 2.05) is 25.1 Å². The Morgan fingerprint density at radius 1 is 1.00 bits per heavy atom. The number of para-hydroxylation sites is 1. The molecule has 0 aliphatic rings. The van der Waals surface area contributed by atoms with E-state index < -0.39 is 28.0 Å². The van der Waals surface area contributed by atoms with E-state index in [1.54, 1.807) is 26.0 Å². The zero-order valence-corrected chi connectivity index (χ0v) is 19.6. The number of carbonyl (C=O) groups excluding carboxylic acids is 2. The molecule has 2 aromatic carbocycles. The van der Waals surface area contributed by atoms with Gasteiger partial charge in [0.1, 0.15) is 0 Å². The smallest absolute Gasteiger partial charge is 0.340 e. The number of sulfonamides is 1. The fraction of sp³-hybridized carbons (Fsp3) is 0.364. The molecule has 0 fully saturated rings.